The molecule has 130 valence electrons. The second-order valence-electron chi connectivity index (χ2n) is 5.52. The molecule has 2 aromatic carbocycles. The van der Waals surface area contributed by atoms with E-state index in [2.05, 4.69) is 14.9 Å². The number of halogens is 1. The maximum Gasteiger partial charge on any atom is 0.248 e. The molecule has 0 radical (unpaired) electrons. The van der Waals surface area contributed by atoms with Gasteiger partial charge in [0.15, 0.2) is 0 Å². The van der Waals surface area contributed by atoms with Crippen LogP contribution in [0, 0.1) is 6.92 Å². The van der Waals surface area contributed by atoms with Crippen molar-refractivity contribution in [3.05, 3.63) is 70.6 Å². The van der Waals surface area contributed by atoms with Crippen LogP contribution in [-0.4, -0.2) is 18.6 Å². The van der Waals surface area contributed by atoms with Crippen LogP contribution in [0.5, 0.6) is 0 Å². The molecule has 0 aliphatic rings. The zero-order valence-electron chi connectivity index (χ0n) is 13.4. The first-order valence-corrected chi connectivity index (χ1v) is 9.56. The molecule has 8 heteroatoms. The molecule has 0 aliphatic heterocycles. The van der Waals surface area contributed by atoms with E-state index in [-0.39, 0.29) is 18.2 Å². The van der Waals surface area contributed by atoms with E-state index >= 15 is 0 Å². The third-order valence-electron chi connectivity index (χ3n) is 3.56. The molecule has 6 nitrogen and oxygen atoms in total. The van der Waals surface area contributed by atoms with Crippen molar-refractivity contribution < 1.29 is 12.8 Å². The van der Waals surface area contributed by atoms with Gasteiger partial charge in [-0.25, -0.2) is 13.1 Å². The summed E-state index contributed by atoms with van der Waals surface area (Å²) in [4.78, 5) is 0. The lowest BCUT2D eigenvalue weighted by Crippen LogP contribution is -2.24. The molecular weight excluding hydrogens is 362 g/mol. The lowest BCUT2D eigenvalue weighted by atomic mass is 10.1. The lowest BCUT2D eigenvalue weighted by Gasteiger charge is -2.05. The first kappa shape index (κ1) is 17.6. The summed E-state index contributed by atoms with van der Waals surface area (Å²) in [5, 5.41) is 8.43. The minimum absolute atomic E-state index is 0.0607. The van der Waals surface area contributed by atoms with Gasteiger partial charge in [0.25, 0.3) is 0 Å². The fourth-order valence-corrected chi connectivity index (χ4v) is 3.47. The molecule has 0 aliphatic carbocycles. The minimum atomic E-state index is -3.53. The van der Waals surface area contributed by atoms with Gasteiger partial charge in [0, 0.05) is 10.6 Å². The van der Waals surface area contributed by atoms with Crippen LogP contribution in [0.1, 0.15) is 17.0 Å². The van der Waals surface area contributed by atoms with Crippen LogP contribution in [0.25, 0.3) is 11.5 Å². The van der Waals surface area contributed by atoms with Gasteiger partial charge in [-0.05, 0) is 36.2 Å². The van der Waals surface area contributed by atoms with Gasteiger partial charge in [-0.1, -0.05) is 41.9 Å². The Hall–Kier alpha value is -2.22. The van der Waals surface area contributed by atoms with Crippen molar-refractivity contribution in [2.75, 3.05) is 0 Å². The molecule has 0 saturated heterocycles. The normalized spacial score (nSPS) is 11.6. The molecule has 0 fully saturated rings. The van der Waals surface area contributed by atoms with Crippen LogP contribution < -0.4 is 4.72 Å². The molecule has 1 aromatic heterocycles. The number of nitrogens with one attached hydrogen (secondary N) is 1. The number of hydrogen-bond donors (Lipinski definition) is 1. The highest BCUT2D eigenvalue weighted by atomic mass is 35.5. The average Bonchev–Trinajstić information content (AvgIpc) is 3.04. The molecule has 25 heavy (non-hydrogen) atoms. The topological polar surface area (TPSA) is 85.1 Å². The Morgan fingerprint density at radius 2 is 1.80 bits per heavy atom. The van der Waals surface area contributed by atoms with Crippen molar-refractivity contribution in [1.29, 1.82) is 0 Å². The van der Waals surface area contributed by atoms with Gasteiger partial charge in [-0.15, -0.1) is 10.2 Å². The number of benzene rings is 2. The Bertz CT molecular complexity index is 969. The van der Waals surface area contributed by atoms with Crippen molar-refractivity contribution >= 4 is 21.6 Å². The molecule has 0 atom stereocenters. The van der Waals surface area contributed by atoms with Gasteiger partial charge in [0.05, 0.1) is 12.3 Å². The first-order chi connectivity index (χ1) is 11.9. The SMILES string of the molecule is Cc1ccccc1-c1nnc(CNS(=O)(=O)Cc2ccc(Cl)cc2)o1. The largest absolute Gasteiger partial charge is 0.419 e. The summed E-state index contributed by atoms with van der Waals surface area (Å²) >= 11 is 5.80. The molecule has 3 aromatic rings. The summed E-state index contributed by atoms with van der Waals surface area (Å²) in [6, 6.07) is 14.3. The van der Waals surface area contributed by atoms with E-state index in [0.717, 1.165) is 11.1 Å². The Morgan fingerprint density at radius 1 is 1.08 bits per heavy atom. The van der Waals surface area contributed by atoms with Crippen molar-refractivity contribution in [2.45, 2.75) is 19.2 Å². The highest BCUT2D eigenvalue weighted by Crippen LogP contribution is 2.21. The molecule has 0 bridgehead atoms. The Morgan fingerprint density at radius 3 is 2.52 bits per heavy atom. The molecule has 0 saturated carbocycles. The third kappa shape index (κ3) is 4.66. The molecule has 0 unspecified atom stereocenters. The monoisotopic (exact) mass is 377 g/mol. The van der Waals surface area contributed by atoms with E-state index in [1.54, 1.807) is 24.3 Å². The second kappa shape index (κ2) is 7.35. The maximum atomic E-state index is 12.2. The Kier molecular flexibility index (Phi) is 5.17. The highest BCUT2D eigenvalue weighted by molar-refractivity contribution is 7.88. The maximum absolute atomic E-state index is 12.2. The molecule has 1 heterocycles. The van der Waals surface area contributed by atoms with Gasteiger partial charge < -0.3 is 4.42 Å². The van der Waals surface area contributed by atoms with E-state index in [1.807, 2.05) is 31.2 Å². The predicted octanol–water partition coefficient (Wildman–Crippen LogP) is 3.32. The van der Waals surface area contributed by atoms with Crippen molar-refractivity contribution in [1.82, 2.24) is 14.9 Å². The fourth-order valence-electron chi connectivity index (χ4n) is 2.27. The average molecular weight is 378 g/mol. The standard InChI is InChI=1S/C17H16ClN3O3S/c1-12-4-2-3-5-15(12)17-21-20-16(24-17)10-19-25(22,23)11-13-6-8-14(18)9-7-13/h2-9,19H,10-11H2,1H3. The van der Waals surface area contributed by atoms with Crippen molar-refractivity contribution in [3.8, 4) is 11.5 Å². The summed E-state index contributed by atoms with van der Waals surface area (Å²) in [5.74, 6) is 0.422. The summed E-state index contributed by atoms with van der Waals surface area (Å²) in [5.41, 5.74) is 2.47. The zero-order valence-corrected chi connectivity index (χ0v) is 15.0. The van der Waals surface area contributed by atoms with Gasteiger partial charge in [-0.3, -0.25) is 0 Å². The lowest BCUT2D eigenvalue weighted by molar-refractivity contribution is 0.494. The minimum Gasteiger partial charge on any atom is -0.419 e. The zero-order chi connectivity index (χ0) is 17.9. The van der Waals surface area contributed by atoms with Gasteiger partial charge in [0.2, 0.25) is 21.8 Å². The number of rotatable bonds is 6. The molecule has 1 N–H and O–H groups in total. The number of nitrogens with zero attached hydrogens (tertiary/aromatic N) is 2. The van der Waals surface area contributed by atoms with Crippen LogP contribution in [0.3, 0.4) is 0 Å². The Balaban J connectivity index is 1.65. The molecular formula is C17H16ClN3O3S. The number of sulfonamides is 1. The third-order valence-corrected chi connectivity index (χ3v) is 5.11. The summed E-state index contributed by atoms with van der Waals surface area (Å²) in [7, 11) is -3.53. The number of aryl methyl sites for hydroxylation is 1. The van der Waals surface area contributed by atoms with Crippen molar-refractivity contribution in [3.63, 3.8) is 0 Å². The van der Waals surface area contributed by atoms with Crippen molar-refractivity contribution in [2.24, 2.45) is 0 Å². The summed E-state index contributed by atoms with van der Waals surface area (Å²) < 4.78 is 32.3. The number of aromatic nitrogens is 2. The smallest absolute Gasteiger partial charge is 0.248 e. The van der Waals surface area contributed by atoms with Crippen LogP contribution >= 0.6 is 11.6 Å². The molecule has 0 spiro atoms. The van der Waals surface area contributed by atoms with E-state index in [0.29, 0.717) is 16.5 Å². The van der Waals surface area contributed by atoms with Crippen LogP contribution in [0.15, 0.2) is 52.9 Å². The van der Waals surface area contributed by atoms with E-state index in [4.69, 9.17) is 16.0 Å². The van der Waals surface area contributed by atoms with Crippen LogP contribution in [-0.2, 0) is 22.3 Å². The van der Waals surface area contributed by atoms with Crippen LogP contribution in [0.2, 0.25) is 5.02 Å². The van der Waals surface area contributed by atoms with Crippen LogP contribution in [0.4, 0.5) is 0 Å². The quantitative estimate of drug-likeness (QED) is 0.712. The highest BCUT2D eigenvalue weighted by Gasteiger charge is 2.15. The van der Waals surface area contributed by atoms with Gasteiger partial charge >= 0.3 is 0 Å². The van der Waals surface area contributed by atoms with E-state index in [9.17, 15) is 8.42 Å². The van der Waals surface area contributed by atoms with Gasteiger partial charge in [-0.2, -0.15) is 0 Å². The Labute approximate surface area is 150 Å². The first-order valence-electron chi connectivity index (χ1n) is 7.53. The van der Waals surface area contributed by atoms with Gasteiger partial charge in [0.1, 0.15) is 0 Å². The van der Waals surface area contributed by atoms with E-state index < -0.39 is 10.0 Å². The number of hydrogen-bond acceptors (Lipinski definition) is 5. The second-order valence-corrected chi connectivity index (χ2v) is 7.77. The van der Waals surface area contributed by atoms with E-state index in [1.165, 1.54) is 0 Å². The molecule has 3 rings (SSSR count). The molecule has 0 amide bonds. The fraction of sp³-hybridized carbons (Fsp3) is 0.176. The summed E-state index contributed by atoms with van der Waals surface area (Å²) in [6.45, 7) is 1.88. The summed E-state index contributed by atoms with van der Waals surface area (Å²) in [6.07, 6.45) is 0. The predicted molar refractivity (Wildman–Crippen MR) is 95.4 cm³/mol.